The number of aromatic nitrogens is 4. The van der Waals surface area contributed by atoms with E-state index >= 15 is 0 Å². The number of nitrogens with one attached hydrogen (secondary N) is 1. The SMILES string of the molecule is O=C(Nc1cc(Cl)cc(Cl)c1)[C@H](Sc1nnnn1C1CC1)c1ccccc1. The molecular formula is C18H15Cl2N5OS. The van der Waals surface area contributed by atoms with Crippen molar-refractivity contribution in [2.75, 3.05) is 5.32 Å². The van der Waals surface area contributed by atoms with Crippen molar-refractivity contribution in [2.45, 2.75) is 29.3 Å². The summed E-state index contributed by atoms with van der Waals surface area (Å²) in [6.45, 7) is 0. The van der Waals surface area contributed by atoms with Crippen molar-refractivity contribution in [3.05, 3.63) is 64.1 Å². The summed E-state index contributed by atoms with van der Waals surface area (Å²) in [7, 11) is 0. The van der Waals surface area contributed by atoms with Gasteiger partial charge in [-0.15, -0.1) is 5.10 Å². The fourth-order valence-electron chi connectivity index (χ4n) is 2.65. The minimum absolute atomic E-state index is 0.199. The van der Waals surface area contributed by atoms with E-state index < -0.39 is 5.25 Å². The molecule has 1 aliphatic rings. The van der Waals surface area contributed by atoms with Crippen molar-refractivity contribution in [2.24, 2.45) is 0 Å². The molecule has 27 heavy (non-hydrogen) atoms. The van der Waals surface area contributed by atoms with Gasteiger partial charge in [-0.3, -0.25) is 4.79 Å². The number of halogens is 2. The maximum atomic E-state index is 13.1. The van der Waals surface area contributed by atoms with Crippen LogP contribution in [-0.2, 0) is 4.79 Å². The van der Waals surface area contributed by atoms with Crippen molar-refractivity contribution in [1.82, 2.24) is 20.2 Å². The molecule has 0 aliphatic heterocycles. The topological polar surface area (TPSA) is 72.7 Å². The molecule has 1 saturated carbocycles. The Bertz CT molecular complexity index is 941. The molecule has 4 rings (SSSR count). The summed E-state index contributed by atoms with van der Waals surface area (Å²) in [6, 6.07) is 14.8. The number of carbonyl (C=O) groups excluding carboxylic acids is 1. The Hall–Kier alpha value is -2.09. The number of benzene rings is 2. The first-order valence-corrected chi connectivity index (χ1v) is 10.00. The van der Waals surface area contributed by atoms with Gasteiger partial charge in [-0.2, -0.15) is 0 Å². The Morgan fingerprint density at radius 2 is 1.85 bits per heavy atom. The molecule has 6 nitrogen and oxygen atoms in total. The van der Waals surface area contributed by atoms with Gasteiger partial charge in [0.25, 0.3) is 0 Å². The second-order valence-electron chi connectivity index (χ2n) is 6.19. The van der Waals surface area contributed by atoms with Crippen LogP contribution in [0.15, 0.2) is 53.7 Å². The lowest BCUT2D eigenvalue weighted by Gasteiger charge is -2.17. The summed E-state index contributed by atoms with van der Waals surface area (Å²) in [5.74, 6) is -0.199. The average molecular weight is 420 g/mol. The Morgan fingerprint density at radius 3 is 2.52 bits per heavy atom. The van der Waals surface area contributed by atoms with Gasteiger partial charge in [-0.1, -0.05) is 65.3 Å². The molecule has 3 aromatic rings. The molecule has 1 atom stereocenters. The average Bonchev–Trinajstić information content (AvgIpc) is 3.38. The van der Waals surface area contributed by atoms with Gasteiger partial charge in [-0.25, -0.2) is 4.68 Å². The fraction of sp³-hybridized carbons (Fsp3) is 0.222. The molecule has 0 saturated heterocycles. The van der Waals surface area contributed by atoms with Crippen LogP contribution in [0.4, 0.5) is 5.69 Å². The highest BCUT2D eigenvalue weighted by atomic mass is 35.5. The van der Waals surface area contributed by atoms with E-state index in [1.165, 1.54) is 11.8 Å². The van der Waals surface area contributed by atoms with Gasteiger partial charge in [0.15, 0.2) is 0 Å². The predicted molar refractivity (Wildman–Crippen MR) is 106 cm³/mol. The highest BCUT2D eigenvalue weighted by molar-refractivity contribution is 8.00. The van der Waals surface area contributed by atoms with Gasteiger partial charge in [0, 0.05) is 15.7 Å². The van der Waals surface area contributed by atoms with Gasteiger partial charge in [0.05, 0.1) is 6.04 Å². The normalized spacial score (nSPS) is 14.7. The Labute approximate surface area is 170 Å². The number of carbonyl (C=O) groups is 1. The molecule has 1 aromatic heterocycles. The van der Waals surface area contributed by atoms with E-state index in [1.807, 2.05) is 30.3 Å². The standard InChI is InChI=1S/C18H15Cl2N5OS/c19-12-8-13(20)10-14(9-12)21-17(26)16(11-4-2-1-3-5-11)27-18-22-23-24-25(18)15-6-7-15/h1-5,8-10,15-16H,6-7H2,(H,21,26)/t16-/m1/s1. The minimum atomic E-state index is -0.521. The molecule has 9 heteroatoms. The molecule has 1 heterocycles. The third kappa shape index (κ3) is 4.43. The van der Waals surface area contributed by atoms with Crippen molar-refractivity contribution in [3.63, 3.8) is 0 Å². The van der Waals surface area contributed by atoms with E-state index in [-0.39, 0.29) is 5.91 Å². The lowest BCUT2D eigenvalue weighted by molar-refractivity contribution is -0.115. The number of hydrogen-bond acceptors (Lipinski definition) is 5. The van der Waals surface area contributed by atoms with Gasteiger partial charge in [0.1, 0.15) is 5.25 Å². The molecule has 0 unspecified atom stereocenters. The number of hydrogen-bond donors (Lipinski definition) is 1. The summed E-state index contributed by atoms with van der Waals surface area (Å²) >= 11 is 13.4. The van der Waals surface area contributed by atoms with Gasteiger partial charge >= 0.3 is 0 Å². The maximum Gasteiger partial charge on any atom is 0.242 e. The number of rotatable bonds is 6. The second kappa shape index (κ2) is 7.88. The number of thioether (sulfide) groups is 1. The second-order valence-corrected chi connectivity index (χ2v) is 8.14. The van der Waals surface area contributed by atoms with Crippen LogP contribution in [0.1, 0.15) is 29.7 Å². The molecule has 138 valence electrons. The summed E-state index contributed by atoms with van der Waals surface area (Å²) < 4.78 is 1.80. The largest absolute Gasteiger partial charge is 0.325 e. The number of amides is 1. The molecular weight excluding hydrogens is 405 g/mol. The molecule has 2 aromatic carbocycles. The summed E-state index contributed by atoms with van der Waals surface area (Å²) in [5, 5.41) is 15.9. The van der Waals surface area contributed by atoms with E-state index in [1.54, 1.807) is 22.9 Å². The van der Waals surface area contributed by atoms with E-state index in [2.05, 4.69) is 20.8 Å². The maximum absolute atomic E-state index is 13.1. The Balaban J connectivity index is 1.61. The lowest BCUT2D eigenvalue weighted by atomic mass is 10.1. The van der Waals surface area contributed by atoms with Crippen LogP contribution in [0.2, 0.25) is 10.0 Å². The number of anilines is 1. The van der Waals surface area contributed by atoms with Crippen LogP contribution in [0.5, 0.6) is 0 Å². The number of nitrogens with zero attached hydrogens (tertiary/aromatic N) is 4. The zero-order valence-corrected chi connectivity index (χ0v) is 16.4. The zero-order valence-electron chi connectivity index (χ0n) is 14.0. The third-order valence-electron chi connectivity index (χ3n) is 4.05. The summed E-state index contributed by atoms with van der Waals surface area (Å²) in [4.78, 5) is 13.1. The third-order valence-corrected chi connectivity index (χ3v) is 5.69. The van der Waals surface area contributed by atoms with Gasteiger partial charge in [0.2, 0.25) is 11.1 Å². The zero-order chi connectivity index (χ0) is 18.8. The molecule has 1 N–H and O–H groups in total. The van der Waals surface area contributed by atoms with Crippen LogP contribution in [0.25, 0.3) is 0 Å². The van der Waals surface area contributed by atoms with E-state index in [0.29, 0.717) is 26.9 Å². The van der Waals surface area contributed by atoms with Crippen molar-refractivity contribution < 1.29 is 4.79 Å². The van der Waals surface area contributed by atoms with E-state index in [9.17, 15) is 4.79 Å². The smallest absolute Gasteiger partial charge is 0.242 e. The molecule has 1 aliphatic carbocycles. The molecule has 0 radical (unpaired) electrons. The van der Waals surface area contributed by atoms with Crippen LogP contribution in [0.3, 0.4) is 0 Å². The Morgan fingerprint density at radius 1 is 1.15 bits per heavy atom. The lowest BCUT2D eigenvalue weighted by Crippen LogP contribution is -2.19. The monoisotopic (exact) mass is 419 g/mol. The number of tetrazole rings is 1. The van der Waals surface area contributed by atoms with Gasteiger partial charge < -0.3 is 5.32 Å². The van der Waals surface area contributed by atoms with Crippen molar-refractivity contribution in [3.8, 4) is 0 Å². The van der Waals surface area contributed by atoms with Crippen LogP contribution < -0.4 is 5.32 Å². The van der Waals surface area contributed by atoms with Crippen molar-refractivity contribution in [1.29, 1.82) is 0 Å². The summed E-state index contributed by atoms with van der Waals surface area (Å²) in [5.41, 5.74) is 1.40. The molecule has 0 bridgehead atoms. The molecule has 0 spiro atoms. The summed E-state index contributed by atoms with van der Waals surface area (Å²) in [6.07, 6.45) is 2.11. The van der Waals surface area contributed by atoms with Gasteiger partial charge in [-0.05, 0) is 47.0 Å². The molecule has 1 fully saturated rings. The van der Waals surface area contributed by atoms with E-state index in [0.717, 1.165) is 18.4 Å². The van der Waals surface area contributed by atoms with Crippen molar-refractivity contribution >= 4 is 46.6 Å². The van der Waals surface area contributed by atoms with Crippen LogP contribution in [-0.4, -0.2) is 26.1 Å². The first kappa shape index (κ1) is 18.3. The first-order chi connectivity index (χ1) is 13.1. The predicted octanol–water partition coefficient (Wildman–Crippen LogP) is 4.79. The molecule has 1 amide bonds. The highest BCUT2D eigenvalue weighted by Crippen LogP contribution is 2.40. The van der Waals surface area contributed by atoms with Crippen LogP contribution >= 0.6 is 35.0 Å². The quantitative estimate of drug-likeness (QED) is 0.581. The van der Waals surface area contributed by atoms with E-state index in [4.69, 9.17) is 23.2 Å². The highest BCUT2D eigenvalue weighted by Gasteiger charge is 2.31. The fourth-order valence-corrected chi connectivity index (χ4v) is 4.22. The minimum Gasteiger partial charge on any atom is -0.325 e. The van der Waals surface area contributed by atoms with Crippen LogP contribution in [0, 0.1) is 0 Å². The Kier molecular flexibility index (Phi) is 5.33. The first-order valence-electron chi connectivity index (χ1n) is 8.36.